The molecule has 0 heterocycles. The van der Waals surface area contributed by atoms with Gasteiger partial charge in [0.1, 0.15) is 0 Å². The molecule has 0 aliphatic heterocycles. The molecule has 20 valence electrons. The van der Waals surface area contributed by atoms with Crippen LogP contribution in [-0.2, 0) is 0 Å². The predicted octanol–water partition coefficient (Wildman–Crippen LogP) is 0.983. The molecule has 0 aliphatic carbocycles. The molecule has 0 aliphatic rings. The van der Waals surface area contributed by atoms with Crippen LogP contribution >= 0.6 is 0 Å². The van der Waals surface area contributed by atoms with Crippen LogP contribution in [0.4, 0.5) is 0 Å². The zero-order valence-electron chi connectivity index (χ0n) is 2.99. The molecule has 0 aromatic heterocycles. The van der Waals surface area contributed by atoms with Crippen molar-refractivity contribution in [2.45, 2.75) is 18.6 Å². The van der Waals surface area contributed by atoms with Gasteiger partial charge in [-0.1, -0.05) is 0 Å². The first kappa shape index (κ1) is 4.53. The van der Waals surface area contributed by atoms with E-state index in [9.17, 15) is 0 Å². The Kier molecular flexibility index (Phi) is 4.00. The molecule has 0 saturated carbocycles. The van der Waals surface area contributed by atoms with Gasteiger partial charge in [-0.05, 0) is 0 Å². The van der Waals surface area contributed by atoms with E-state index in [1.165, 1.54) is 11.7 Å². The van der Waals surface area contributed by atoms with Gasteiger partial charge >= 0.3 is 34.9 Å². The molecule has 0 bridgehead atoms. The average Bonchev–Trinajstić information content (AvgIpc) is 1.37. The molecular weight excluding hydrogens is 63.0 g/mol. The van der Waals surface area contributed by atoms with Crippen LogP contribution in [-0.4, -0.2) is 16.3 Å². The van der Waals surface area contributed by atoms with Crippen molar-refractivity contribution in [1.82, 2.24) is 0 Å². The van der Waals surface area contributed by atoms with Gasteiger partial charge in [-0.2, -0.15) is 0 Å². The van der Waals surface area contributed by atoms with Crippen molar-refractivity contribution < 1.29 is 0 Å². The Morgan fingerprint density at radius 2 is 2.00 bits per heavy atom. The third-order valence-electron chi connectivity index (χ3n) is 0.289. The van der Waals surface area contributed by atoms with Gasteiger partial charge in [0, 0.05) is 0 Å². The van der Waals surface area contributed by atoms with Crippen LogP contribution in [0.1, 0.15) is 13.3 Å². The summed E-state index contributed by atoms with van der Waals surface area (Å²) in [7, 11) is 0. The molecule has 0 aromatic rings. The quantitative estimate of drug-likeness (QED) is 0.403. The maximum absolute atomic E-state index is 2.66. The van der Waals surface area contributed by atoms with Crippen LogP contribution in [0.3, 0.4) is 0 Å². The summed E-state index contributed by atoms with van der Waals surface area (Å²) in [6.45, 7) is 2.16. The summed E-state index contributed by atoms with van der Waals surface area (Å²) in [5, 5.41) is 1.24. The van der Waals surface area contributed by atoms with E-state index >= 15 is 0 Å². The van der Waals surface area contributed by atoms with Gasteiger partial charge in [0.05, 0.1) is 0 Å². The van der Waals surface area contributed by atoms with E-state index in [0.717, 1.165) is 0 Å². The molecule has 0 nitrogen and oxygen atoms in total. The van der Waals surface area contributed by atoms with Gasteiger partial charge in [0.25, 0.3) is 0 Å². The third kappa shape index (κ3) is 2.53. The van der Waals surface area contributed by atoms with Gasteiger partial charge in [-0.3, -0.25) is 0 Å². The number of hydrogen-bond donors (Lipinski definition) is 0. The monoisotopic (exact) mass is 70.0 g/mol. The Morgan fingerprint density at radius 1 is 1.75 bits per heavy atom. The summed E-state index contributed by atoms with van der Waals surface area (Å²) in [6.07, 6.45) is 1.28. The summed E-state index contributed by atoms with van der Waals surface area (Å²) in [4.78, 5) is 0. The second-order valence-electron chi connectivity index (χ2n) is 0.789. The van der Waals surface area contributed by atoms with E-state index in [0.29, 0.717) is 0 Å². The van der Waals surface area contributed by atoms with E-state index in [4.69, 9.17) is 0 Å². The topological polar surface area (TPSA) is 0 Å². The molecule has 0 spiro atoms. The Labute approximate surface area is 35.6 Å². The van der Waals surface area contributed by atoms with E-state index in [1.807, 2.05) is 0 Å². The fourth-order valence-electron chi connectivity index (χ4n) is 0. The third-order valence-corrected chi connectivity index (χ3v) is 0.866. The predicted molar refractivity (Wildman–Crippen MR) is 20.9 cm³/mol. The normalized spacial score (nSPS) is 7.75. The van der Waals surface area contributed by atoms with Crippen molar-refractivity contribution in [3.8, 4) is 0 Å². The van der Waals surface area contributed by atoms with Crippen molar-refractivity contribution in [3.63, 3.8) is 0 Å². The molecule has 0 N–H and O–H groups in total. The van der Waals surface area contributed by atoms with Crippen LogP contribution in [0, 0.1) is 0 Å². The average molecular weight is 70.1 g/mol. The van der Waals surface area contributed by atoms with E-state index in [1.54, 1.807) is 0 Å². The van der Waals surface area contributed by atoms with Crippen LogP contribution in [0.15, 0.2) is 0 Å². The van der Waals surface area contributed by atoms with Crippen molar-refractivity contribution in [2.75, 3.05) is 0 Å². The summed E-state index contributed by atoms with van der Waals surface area (Å²) in [6, 6.07) is 0. The van der Waals surface area contributed by atoms with Gasteiger partial charge in [0.2, 0.25) is 0 Å². The molecular formula is C3H7Al+2. The van der Waals surface area contributed by atoms with E-state index in [2.05, 4.69) is 23.2 Å². The minimum atomic E-state index is 1.24. The Bertz CT molecular complexity index is 5.25. The fraction of sp³-hybridized carbons (Fsp3) is 1.00. The molecule has 0 fully saturated rings. The Morgan fingerprint density at radius 3 is 2.00 bits per heavy atom. The summed E-state index contributed by atoms with van der Waals surface area (Å²) in [5.41, 5.74) is 0. The summed E-state index contributed by atoms with van der Waals surface area (Å²) in [5.74, 6) is 0. The van der Waals surface area contributed by atoms with Gasteiger partial charge in [0.15, 0.2) is 0 Å². The number of rotatable bonds is 1. The van der Waals surface area contributed by atoms with Gasteiger partial charge in [-0.25, -0.2) is 0 Å². The second-order valence-corrected chi connectivity index (χ2v) is 1.37. The first-order valence-electron chi connectivity index (χ1n) is 1.62. The van der Waals surface area contributed by atoms with Crippen molar-refractivity contribution >= 4 is 16.3 Å². The van der Waals surface area contributed by atoms with Crippen LogP contribution in [0.25, 0.3) is 0 Å². The molecule has 0 unspecified atom stereocenters. The minimum absolute atomic E-state index is 1.24. The standard InChI is InChI=1S/C3H7.Al/c1-3-2;/h1,3H2,2H3;/q;+2. The number of hydrogen-bond acceptors (Lipinski definition) is 0. The van der Waals surface area contributed by atoms with Crippen molar-refractivity contribution in [2.24, 2.45) is 0 Å². The van der Waals surface area contributed by atoms with Crippen LogP contribution < -0.4 is 0 Å². The molecule has 0 atom stereocenters. The molecule has 0 amide bonds. The van der Waals surface area contributed by atoms with E-state index < -0.39 is 0 Å². The van der Waals surface area contributed by atoms with E-state index in [-0.39, 0.29) is 0 Å². The zero-order valence-corrected chi connectivity index (χ0v) is 4.15. The molecule has 1 heteroatoms. The first-order chi connectivity index (χ1) is 1.91. The zero-order chi connectivity index (χ0) is 3.41. The summed E-state index contributed by atoms with van der Waals surface area (Å²) < 4.78 is 0. The van der Waals surface area contributed by atoms with Crippen LogP contribution in [0.5, 0.6) is 0 Å². The van der Waals surface area contributed by atoms with Gasteiger partial charge in [-0.15, -0.1) is 0 Å². The fourth-order valence-corrected chi connectivity index (χ4v) is 0. The Balaban J connectivity index is 1.97. The Hall–Kier alpha value is 0.532. The first-order valence-corrected chi connectivity index (χ1v) is 2.43. The molecule has 4 heavy (non-hydrogen) atoms. The summed E-state index contributed by atoms with van der Waals surface area (Å²) >= 11 is 2.66. The molecule has 0 rings (SSSR count). The SMILES string of the molecule is CC[CH2][Al+2]. The molecule has 0 radical (unpaired) electrons. The van der Waals surface area contributed by atoms with Crippen molar-refractivity contribution in [3.05, 3.63) is 0 Å². The van der Waals surface area contributed by atoms with Crippen molar-refractivity contribution in [1.29, 1.82) is 0 Å². The van der Waals surface area contributed by atoms with Crippen LogP contribution in [0.2, 0.25) is 5.28 Å². The second kappa shape index (κ2) is 3.53. The molecule has 0 saturated heterocycles. The molecule has 0 aromatic carbocycles. The maximum atomic E-state index is 2.66. The van der Waals surface area contributed by atoms with Gasteiger partial charge < -0.3 is 0 Å².